The lowest BCUT2D eigenvalue weighted by Crippen LogP contribution is -2.53. The standard InChI is InChI=1S/C11H23N3O3/c1-7(2)8(13-10(12)16)9(15)14(5)6-11(3,4)17/h7-8,17H,6H2,1-5H3,(H3,12,13,16). The van der Waals surface area contributed by atoms with Crippen molar-refractivity contribution in [1.29, 1.82) is 0 Å². The quantitative estimate of drug-likeness (QED) is 0.631. The number of primary amides is 1. The number of urea groups is 1. The summed E-state index contributed by atoms with van der Waals surface area (Å²) in [5, 5.41) is 12.0. The Balaban J connectivity index is 4.67. The van der Waals surface area contributed by atoms with Crippen LogP contribution in [0.25, 0.3) is 0 Å². The SMILES string of the molecule is CC(C)C(NC(N)=O)C(=O)N(C)CC(C)(C)O. The van der Waals surface area contributed by atoms with Gasteiger partial charge < -0.3 is 21.1 Å². The van der Waals surface area contributed by atoms with Gasteiger partial charge in [-0.1, -0.05) is 13.8 Å². The third-order valence-electron chi connectivity index (χ3n) is 2.23. The van der Waals surface area contributed by atoms with Crippen molar-refractivity contribution in [3.8, 4) is 0 Å². The lowest BCUT2D eigenvalue weighted by Gasteiger charge is -2.30. The van der Waals surface area contributed by atoms with Crippen LogP contribution >= 0.6 is 0 Å². The number of rotatable bonds is 5. The van der Waals surface area contributed by atoms with Crippen molar-refractivity contribution in [2.24, 2.45) is 11.7 Å². The molecule has 0 rings (SSSR count). The van der Waals surface area contributed by atoms with Crippen LogP contribution in [0.2, 0.25) is 0 Å². The molecule has 0 bridgehead atoms. The average Bonchev–Trinajstić information content (AvgIpc) is 2.09. The molecule has 100 valence electrons. The van der Waals surface area contributed by atoms with Crippen LogP contribution in [0.4, 0.5) is 4.79 Å². The Labute approximate surface area is 102 Å². The van der Waals surface area contributed by atoms with Crippen molar-refractivity contribution in [2.45, 2.75) is 39.3 Å². The molecule has 0 heterocycles. The van der Waals surface area contributed by atoms with Gasteiger partial charge in [-0.2, -0.15) is 0 Å². The highest BCUT2D eigenvalue weighted by molar-refractivity contribution is 5.86. The van der Waals surface area contributed by atoms with Crippen LogP contribution in [0.1, 0.15) is 27.7 Å². The predicted octanol–water partition coefficient (Wildman–Crippen LogP) is -0.0914. The van der Waals surface area contributed by atoms with Crippen LogP contribution in [-0.4, -0.2) is 47.2 Å². The number of amides is 3. The minimum Gasteiger partial charge on any atom is -0.389 e. The number of nitrogens with zero attached hydrogens (tertiary/aromatic N) is 1. The van der Waals surface area contributed by atoms with Crippen molar-refractivity contribution in [2.75, 3.05) is 13.6 Å². The number of carbonyl (C=O) groups excluding carboxylic acids is 2. The van der Waals surface area contributed by atoms with Crippen LogP contribution in [-0.2, 0) is 4.79 Å². The van der Waals surface area contributed by atoms with E-state index in [9.17, 15) is 14.7 Å². The van der Waals surface area contributed by atoms with Crippen molar-refractivity contribution < 1.29 is 14.7 Å². The molecule has 0 aliphatic rings. The minimum atomic E-state index is -0.974. The summed E-state index contributed by atoms with van der Waals surface area (Å²) in [6, 6.07) is -1.39. The van der Waals surface area contributed by atoms with Crippen LogP contribution in [0.15, 0.2) is 0 Å². The largest absolute Gasteiger partial charge is 0.389 e. The normalized spacial score (nSPS) is 13.4. The third kappa shape index (κ3) is 6.11. The van der Waals surface area contributed by atoms with Gasteiger partial charge in [0, 0.05) is 13.6 Å². The van der Waals surface area contributed by atoms with Gasteiger partial charge in [0.25, 0.3) is 0 Å². The molecule has 6 heteroatoms. The van der Waals surface area contributed by atoms with Gasteiger partial charge in [-0.25, -0.2) is 4.79 Å². The Bertz CT molecular complexity index is 284. The number of aliphatic hydroxyl groups is 1. The molecule has 0 saturated carbocycles. The molecule has 0 radical (unpaired) electrons. The number of hydrogen-bond acceptors (Lipinski definition) is 3. The fraction of sp³-hybridized carbons (Fsp3) is 0.818. The monoisotopic (exact) mass is 245 g/mol. The summed E-state index contributed by atoms with van der Waals surface area (Å²) >= 11 is 0. The van der Waals surface area contributed by atoms with E-state index in [1.807, 2.05) is 13.8 Å². The van der Waals surface area contributed by atoms with E-state index < -0.39 is 17.7 Å². The first-order valence-corrected chi connectivity index (χ1v) is 5.58. The first-order valence-electron chi connectivity index (χ1n) is 5.58. The summed E-state index contributed by atoms with van der Waals surface area (Å²) in [6.07, 6.45) is 0. The second-order valence-corrected chi connectivity index (χ2v) is 5.24. The Morgan fingerprint density at radius 3 is 2.18 bits per heavy atom. The van der Waals surface area contributed by atoms with Crippen LogP contribution in [0.3, 0.4) is 0 Å². The fourth-order valence-corrected chi connectivity index (χ4v) is 1.56. The van der Waals surface area contributed by atoms with E-state index in [1.54, 1.807) is 20.9 Å². The fourth-order valence-electron chi connectivity index (χ4n) is 1.56. The minimum absolute atomic E-state index is 0.0701. The van der Waals surface area contributed by atoms with Crippen LogP contribution in [0, 0.1) is 5.92 Å². The molecule has 0 aromatic carbocycles. The van der Waals surface area contributed by atoms with Crippen molar-refractivity contribution in [3.63, 3.8) is 0 Å². The molecule has 0 fully saturated rings. The maximum Gasteiger partial charge on any atom is 0.312 e. The third-order valence-corrected chi connectivity index (χ3v) is 2.23. The van der Waals surface area contributed by atoms with Crippen molar-refractivity contribution in [1.82, 2.24) is 10.2 Å². The lowest BCUT2D eigenvalue weighted by molar-refractivity contribution is -0.135. The number of hydrogen-bond donors (Lipinski definition) is 3. The zero-order valence-electron chi connectivity index (χ0n) is 11.2. The average molecular weight is 245 g/mol. The topological polar surface area (TPSA) is 95.7 Å². The maximum absolute atomic E-state index is 12.0. The molecular weight excluding hydrogens is 222 g/mol. The molecule has 17 heavy (non-hydrogen) atoms. The van der Waals surface area contributed by atoms with E-state index in [0.717, 1.165) is 0 Å². The highest BCUT2D eigenvalue weighted by Crippen LogP contribution is 2.09. The van der Waals surface area contributed by atoms with Crippen LogP contribution < -0.4 is 11.1 Å². The zero-order chi connectivity index (χ0) is 13.8. The first-order chi connectivity index (χ1) is 7.54. The van der Waals surface area contributed by atoms with Gasteiger partial charge >= 0.3 is 6.03 Å². The maximum atomic E-state index is 12.0. The van der Waals surface area contributed by atoms with Gasteiger partial charge in [-0.15, -0.1) is 0 Å². The molecule has 1 unspecified atom stereocenters. The molecule has 0 spiro atoms. The van der Waals surface area contributed by atoms with Crippen LogP contribution in [0.5, 0.6) is 0 Å². The number of likely N-dealkylation sites (N-methyl/N-ethyl adjacent to an activating group) is 1. The highest BCUT2D eigenvalue weighted by Gasteiger charge is 2.28. The summed E-state index contributed by atoms with van der Waals surface area (Å²) in [6.45, 7) is 7.05. The second kappa shape index (κ2) is 5.86. The van der Waals surface area contributed by atoms with E-state index in [2.05, 4.69) is 5.32 Å². The van der Waals surface area contributed by atoms with E-state index in [4.69, 9.17) is 5.73 Å². The number of nitrogens with one attached hydrogen (secondary N) is 1. The Kier molecular flexibility index (Phi) is 5.41. The molecule has 4 N–H and O–H groups in total. The molecule has 1 atom stereocenters. The molecule has 0 aliphatic carbocycles. The summed E-state index contributed by atoms with van der Waals surface area (Å²) in [5.74, 6) is -0.333. The summed E-state index contributed by atoms with van der Waals surface area (Å²) < 4.78 is 0. The van der Waals surface area contributed by atoms with E-state index in [0.29, 0.717) is 0 Å². The number of carbonyl (C=O) groups is 2. The Hall–Kier alpha value is -1.30. The highest BCUT2D eigenvalue weighted by atomic mass is 16.3. The molecule has 3 amide bonds. The van der Waals surface area contributed by atoms with Gasteiger partial charge in [0.15, 0.2) is 0 Å². The molecule has 6 nitrogen and oxygen atoms in total. The zero-order valence-corrected chi connectivity index (χ0v) is 11.2. The van der Waals surface area contributed by atoms with Crippen molar-refractivity contribution >= 4 is 11.9 Å². The lowest BCUT2D eigenvalue weighted by atomic mass is 10.0. The summed E-state index contributed by atoms with van der Waals surface area (Å²) in [4.78, 5) is 24.2. The van der Waals surface area contributed by atoms with E-state index in [1.165, 1.54) is 4.90 Å². The van der Waals surface area contributed by atoms with Gasteiger partial charge in [0.1, 0.15) is 6.04 Å². The molecule has 0 aromatic rings. The van der Waals surface area contributed by atoms with Gasteiger partial charge in [-0.3, -0.25) is 4.79 Å². The van der Waals surface area contributed by atoms with Crippen molar-refractivity contribution in [3.05, 3.63) is 0 Å². The smallest absolute Gasteiger partial charge is 0.312 e. The Morgan fingerprint density at radius 2 is 1.88 bits per heavy atom. The second-order valence-electron chi connectivity index (χ2n) is 5.24. The summed E-state index contributed by atoms with van der Waals surface area (Å²) in [5.41, 5.74) is 4.05. The Morgan fingerprint density at radius 1 is 1.41 bits per heavy atom. The van der Waals surface area contributed by atoms with E-state index >= 15 is 0 Å². The van der Waals surface area contributed by atoms with Gasteiger partial charge in [0.2, 0.25) is 5.91 Å². The molecular formula is C11H23N3O3. The first kappa shape index (κ1) is 15.7. The molecule has 0 aliphatic heterocycles. The molecule has 0 aromatic heterocycles. The predicted molar refractivity (Wildman–Crippen MR) is 65.3 cm³/mol. The summed E-state index contributed by atoms with van der Waals surface area (Å²) in [7, 11) is 1.58. The van der Waals surface area contributed by atoms with Gasteiger partial charge in [-0.05, 0) is 19.8 Å². The van der Waals surface area contributed by atoms with Gasteiger partial charge in [0.05, 0.1) is 5.60 Å². The molecule has 0 saturated heterocycles. The number of nitrogens with two attached hydrogens (primary N) is 1. The van der Waals surface area contributed by atoms with E-state index in [-0.39, 0.29) is 18.4 Å².